The van der Waals surface area contributed by atoms with Crippen molar-refractivity contribution in [2.24, 2.45) is 0 Å². The maximum Gasteiger partial charge on any atom is 0.262 e. The number of carbonyl (C=O) groups excluding carboxylic acids is 1. The van der Waals surface area contributed by atoms with Crippen LogP contribution in [0.1, 0.15) is 5.56 Å². The molecule has 110 valence electrons. The second-order valence-corrected chi connectivity index (χ2v) is 5.29. The summed E-state index contributed by atoms with van der Waals surface area (Å²) in [7, 11) is 0. The summed E-state index contributed by atoms with van der Waals surface area (Å²) in [6.45, 7) is 1.71. The van der Waals surface area contributed by atoms with Crippen LogP contribution in [0.5, 0.6) is 5.75 Å². The third-order valence-corrected chi connectivity index (χ3v) is 3.36. The molecule has 0 saturated heterocycles. The first-order valence-corrected chi connectivity index (χ1v) is 6.96. The molecule has 0 atom stereocenters. The van der Waals surface area contributed by atoms with Gasteiger partial charge in [0.05, 0.1) is 16.4 Å². The molecule has 0 unspecified atom stereocenters. The Labute approximate surface area is 132 Å². The molecule has 0 aliphatic rings. The molecular weight excluding hydrogens is 311 g/mol. The quantitative estimate of drug-likeness (QED) is 0.838. The van der Waals surface area contributed by atoms with E-state index in [-0.39, 0.29) is 12.5 Å². The van der Waals surface area contributed by atoms with E-state index in [0.29, 0.717) is 27.2 Å². The van der Waals surface area contributed by atoms with E-state index in [1.807, 2.05) is 6.92 Å². The Kier molecular flexibility index (Phi) is 4.94. The molecule has 0 radical (unpaired) electrons. The summed E-state index contributed by atoms with van der Waals surface area (Å²) in [5.41, 5.74) is 7.41. The highest BCUT2D eigenvalue weighted by atomic mass is 35.5. The van der Waals surface area contributed by atoms with E-state index in [4.69, 9.17) is 33.7 Å². The highest BCUT2D eigenvalue weighted by Crippen LogP contribution is 2.28. The van der Waals surface area contributed by atoms with Crippen LogP contribution in [0, 0.1) is 6.92 Å². The highest BCUT2D eigenvalue weighted by Gasteiger charge is 2.10. The molecule has 0 saturated carbocycles. The van der Waals surface area contributed by atoms with Crippen LogP contribution in [0.2, 0.25) is 10.0 Å². The van der Waals surface area contributed by atoms with Gasteiger partial charge in [-0.3, -0.25) is 4.79 Å². The lowest BCUT2D eigenvalue weighted by Crippen LogP contribution is -2.21. The summed E-state index contributed by atoms with van der Waals surface area (Å²) < 4.78 is 5.45. The third kappa shape index (κ3) is 4.03. The number of anilines is 2. The van der Waals surface area contributed by atoms with Gasteiger partial charge >= 0.3 is 0 Å². The topological polar surface area (TPSA) is 64.3 Å². The van der Waals surface area contributed by atoms with Gasteiger partial charge in [-0.15, -0.1) is 0 Å². The van der Waals surface area contributed by atoms with E-state index in [1.54, 1.807) is 36.4 Å². The minimum atomic E-state index is -0.343. The fourth-order valence-corrected chi connectivity index (χ4v) is 2.22. The molecule has 2 rings (SSSR count). The number of nitrogens with one attached hydrogen (secondary N) is 1. The number of carbonyl (C=O) groups is 1. The number of hydrogen-bond donors (Lipinski definition) is 2. The Morgan fingerprint density at radius 3 is 2.71 bits per heavy atom. The first kappa shape index (κ1) is 15.5. The molecule has 0 aromatic heterocycles. The zero-order valence-corrected chi connectivity index (χ0v) is 12.8. The summed E-state index contributed by atoms with van der Waals surface area (Å²) in [5, 5.41) is 3.63. The van der Waals surface area contributed by atoms with E-state index >= 15 is 0 Å². The highest BCUT2D eigenvalue weighted by molar-refractivity contribution is 6.34. The predicted octanol–water partition coefficient (Wildman–Crippen LogP) is 3.90. The molecule has 3 N–H and O–H groups in total. The van der Waals surface area contributed by atoms with Gasteiger partial charge in [-0.05, 0) is 42.8 Å². The maximum absolute atomic E-state index is 11.9. The summed E-state index contributed by atoms with van der Waals surface area (Å²) >= 11 is 11.8. The molecule has 4 nitrogen and oxygen atoms in total. The number of ether oxygens (including phenoxy) is 1. The van der Waals surface area contributed by atoms with Gasteiger partial charge in [-0.25, -0.2) is 0 Å². The number of para-hydroxylation sites is 1. The third-order valence-electron chi connectivity index (χ3n) is 2.81. The van der Waals surface area contributed by atoms with Crippen molar-refractivity contribution in [3.05, 3.63) is 52.0 Å². The van der Waals surface area contributed by atoms with Crippen molar-refractivity contribution in [2.75, 3.05) is 17.7 Å². The second-order valence-electron chi connectivity index (χ2n) is 4.45. The lowest BCUT2D eigenvalue weighted by atomic mass is 10.2. The van der Waals surface area contributed by atoms with E-state index in [0.717, 1.165) is 5.56 Å². The van der Waals surface area contributed by atoms with Crippen LogP contribution in [-0.2, 0) is 4.79 Å². The predicted molar refractivity (Wildman–Crippen MR) is 86.2 cm³/mol. The molecular formula is C15H14Cl2N2O2. The van der Waals surface area contributed by atoms with E-state index in [1.165, 1.54) is 0 Å². The Hall–Kier alpha value is -1.91. The van der Waals surface area contributed by atoms with E-state index < -0.39 is 0 Å². The molecule has 2 aromatic rings. The van der Waals surface area contributed by atoms with Gasteiger partial charge in [0.15, 0.2) is 6.61 Å². The molecule has 2 aromatic carbocycles. The van der Waals surface area contributed by atoms with Gasteiger partial charge in [0, 0.05) is 5.02 Å². The number of aryl methyl sites for hydroxylation is 1. The number of nitrogens with two attached hydrogens (primary N) is 1. The lowest BCUT2D eigenvalue weighted by molar-refractivity contribution is -0.118. The van der Waals surface area contributed by atoms with Crippen LogP contribution < -0.4 is 15.8 Å². The smallest absolute Gasteiger partial charge is 0.262 e. The largest absolute Gasteiger partial charge is 0.483 e. The maximum atomic E-state index is 11.9. The van der Waals surface area contributed by atoms with Gasteiger partial charge in [0.1, 0.15) is 5.75 Å². The molecule has 0 heterocycles. The normalized spacial score (nSPS) is 10.2. The van der Waals surface area contributed by atoms with Crippen LogP contribution in [0.3, 0.4) is 0 Å². The van der Waals surface area contributed by atoms with Crippen molar-refractivity contribution in [3.8, 4) is 5.75 Å². The summed E-state index contributed by atoms with van der Waals surface area (Å²) in [6.07, 6.45) is 0. The SMILES string of the molecule is Cc1cc(Cl)ccc1OCC(=O)Nc1c(N)cccc1Cl. The average Bonchev–Trinajstić information content (AvgIpc) is 2.42. The number of benzene rings is 2. The van der Waals surface area contributed by atoms with Gasteiger partial charge in [-0.2, -0.15) is 0 Å². The molecule has 0 fully saturated rings. The zero-order chi connectivity index (χ0) is 15.4. The van der Waals surface area contributed by atoms with Crippen LogP contribution in [-0.4, -0.2) is 12.5 Å². The average molecular weight is 325 g/mol. The summed E-state index contributed by atoms with van der Waals surface area (Å²) in [6, 6.07) is 10.2. The van der Waals surface area contributed by atoms with Crippen molar-refractivity contribution in [2.45, 2.75) is 6.92 Å². The van der Waals surface area contributed by atoms with Crippen LogP contribution in [0.15, 0.2) is 36.4 Å². The molecule has 0 spiro atoms. The van der Waals surface area contributed by atoms with Crippen molar-refractivity contribution < 1.29 is 9.53 Å². The Balaban J connectivity index is 1.99. The van der Waals surface area contributed by atoms with Crippen LogP contribution >= 0.6 is 23.2 Å². The van der Waals surface area contributed by atoms with Crippen LogP contribution in [0.25, 0.3) is 0 Å². The van der Waals surface area contributed by atoms with Gasteiger partial charge in [0.25, 0.3) is 5.91 Å². The minimum absolute atomic E-state index is 0.146. The van der Waals surface area contributed by atoms with Crippen molar-refractivity contribution >= 4 is 40.5 Å². The monoisotopic (exact) mass is 324 g/mol. The van der Waals surface area contributed by atoms with E-state index in [9.17, 15) is 4.79 Å². The van der Waals surface area contributed by atoms with Gasteiger partial charge in [0.2, 0.25) is 0 Å². The van der Waals surface area contributed by atoms with Gasteiger partial charge in [-0.1, -0.05) is 29.3 Å². The van der Waals surface area contributed by atoms with Gasteiger partial charge < -0.3 is 15.8 Å². The van der Waals surface area contributed by atoms with E-state index in [2.05, 4.69) is 5.32 Å². The first-order valence-electron chi connectivity index (χ1n) is 6.20. The number of nitrogen functional groups attached to an aromatic ring is 1. The van der Waals surface area contributed by atoms with Crippen LogP contribution in [0.4, 0.5) is 11.4 Å². The summed E-state index contributed by atoms with van der Waals surface area (Å²) in [5.74, 6) is 0.255. The van der Waals surface area contributed by atoms with Crippen molar-refractivity contribution in [1.82, 2.24) is 0 Å². The number of amides is 1. The minimum Gasteiger partial charge on any atom is -0.483 e. The second kappa shape index (κ2) is 6.70. The fraction of sp³-hybridized carbons (Fsp3) is 0.133. The Morgan fingerprint density at radius 1 is 1.29 bits per heavy atom. The van der Waals surface area contributed by atoms with Crippen molar-refractivity contribution in [1.29, 1.82) is 0 Å². The number of halogens is 2. The van der Waals surface area contributed by atoms with Crippen molar-refractivity contribution in [3.63, 3.8) is 0 Å². The molecule has 21 heavy (non-hydrogen) atoms. The fourth-order valence-electron chi connectivity index (χ4n) is 1.77. The molecule has 0 aliphatic heterocycles. The molecule has 6 heteroatoms. The standard InChI is InChI=1S/C15H14Cl2N2O2/c1-9-7-10(16)5-6-13(9)21-8-14(20)19-15-11(17)3-2-4-12(15)18/h2-7H,8,18H2,1H3,(H,19,20). The molecule has 0 aliphatic carbocycles. The summed E-state index contributed by atoms with van der Waals surface area (Å²) in [4.78, 5) is 11.9. The Morgan fingerprint density at radius 2 is 2.05 bits per heavy atom. The lowest BCUT2D eigenvalue weighted by Gasteiger charge is -2.12. The Bertz CT molecular complexity index is 654. The number of hydrogen-bond acceptors (Lipinski definition) is 3. The first-order chi connectivity index (χ1) is 9.97. The molecule has 1 amide bonds. The zero-order valence-electron chi connectivity index (χ0n) is 11.3. The number of rotatable bonds is 4. The molecule has 0 bridgehead atoms.